The van der Waals surface area contributed by atoms with Gasteiger partial charge in [0.2, 0.25) is 0 Å². The van der Waals surface area contributed by atoms with Crippen LogP contribution < -0.4 is 15.8 Å². The highest BCUT2D eigenvalue weighted by Crippen LogP contribution is 2.29. The van der Waals surface area contributed by atoms with Crippen molar-refractivity contribution in [2.45, 2.75) is 19.9 Å². The van der Waals surface area contributed by atoms with Gasteiger partial charge in [0.1, 0.15) is 23.0 Å². The van der Waals surface area contributed by atoms with Gasteiger partial charge in [-0.25, -0.2) is 9.37 Å². The van der Waals surface area contributed by atoms with Crippen molar-refractivity contribution in [3.05, 3.63) is 99.6 Å². The van der Waals surface area contributed by atoms with Gasteiger partial charge in [-0.2, -0.15) is 0 Å². The van der Waals surface area contributed by atoms with Gasteiger partial charge in [-0.05, 0) is 68.4 Å². The molecule has 0 atom stereocenters. The number of rotatable bonds is 7. The second kappa shape index (κ2) is 11.4. The molecule has 0 radical (unpaired) electrons. The van der Waals surface area contributed by atoms with Gasteiger partial charge in [0.05, 0.1) is 11.4 Å². The highest BCUT2D eigenvalue weighted by molar-refractivity contribution is 6.30. The van der Waals surface area contributed by atoms with Crippen molar-refractivity contribution in [2.24, 2.45) is 0 Å². The summed E-state index contributed by atoms with van der Waals surface area (Å²) >= 11 is 6.10. The van der Waals surface area contributed by atoms with Crippen LogP contribution in [0.2, 0.25) is 5.02 Å². The Bertz CT molecular complexity index is 1530. The molecule has 0 spiro atoms. The second-order valence-electron chi connectivity index (χ2n) is 9.73. The van der Waals surface area contributed by atoms with Crippen molar-refractivity contribution in [1.82, 2.24) is 14.5 Å². The fourth-order valence-corrected chi connectivity index (χ4v) is 4.95. The average Bonchev–Trinajstić information content (AvgIpc) is 2.94. The number of anilines is 3. The Morgan fingerprint density at radius 1 is 1.00 bits per heavy atom. The van der Waals surface area contributed by atoms with Crippen LogP contribution >= 0.6 is 11.6 Å². The number of halogens is 2. The van der Waals surface area contributed by atoms with Crippen LogP contribution in [-0.2, 0) is 0 Å². The highest BCUT2D eigenvalue weighted by atomic mass is 35.5. The lowest BCUT2D eigenvalue weighted by atomic mass is 10.1. The molecule has 0 amide bonds. The lowest BCUT2D eigenvalue weighted by Crippen LogP contribution is -2.49. The van der Waals surface area contributed by atoms with Crippen molar-refractivity contribution < 1.29 is 4.39 Å². The van der Waals surface area contributed by atoms with Crippen LogP contribution in [0.5, 0.6) is 0 Å². The maximum Gasteiger partial charge on any atom is 0.269 e. The van der Waals surface area contributed by atoms with Crippen LogP contribution in [0.3, 0.4) is 0 Å². The minimum atomic E-state index is -0.454. The molecule has 7 nitrogen and oxygen atoms in total. The summed E-state index contributed by atoms with van der Waals surface area (Å²) in [4.78, 5) is 23.0. The lowest BCUT2D eigenvalue weighted by molar-refractivity contribution is 0.209. The molecule has 1 saturated heterocycles. The van der Waals surface area contributed by atoms with Gasteiger partial charge in [0, 0.05) is 54.7 Å². The number of para-hydroxylation sites is 1. The Hall–Kier alpha value is -4.01. The van der Waals surface area contributed by atoms with Gasteiger partial charge < -0.3 is 15.6 Å². The van der Waals surface area contributed by atoms with Crippen molar-refractivity contribution in [3.63, 3.8) is 0 Å². The third-order valence-corrected chi connectivity index (χ3v) is 7.23. The molecule has 1 fully saturated rings. The summed E-state index contributed by atoms with van der Waals surface area (Å²) in [6.07, 6.45) is 0.983. The van der Waals surface area contributed by atoms with E-state index in [-0.39, 0.29) is 23.0 Å². The smallest absolute Gasteiger partial charge is 0.269 e. The summed E-state index contributed by atoms with van der Waals surface area (Å²) in [6, 6.07) is 21.5. The number of nitrogens with zero attached hydrogens (tertiary/aromatic N) is 4. The van der Waals surface area contributed by atoms with E-state index in [2.05, 4.69) is 29.0 Å². The predicted octanol–water partition coefficient (Wildman–Crippen LogP) is 5.96. The zero-order valence-corrected chi connectivity index (χ0v) is 22.6. The lowest BCUT2D eigenvalue weighted by Gasteiger charge is -2.38. The number of hydrogen-bond acceptors (Lipinski definition) is 6. The van der Waals surface area contributed by atoms with E-state index in [9.17, 15) is 4.79 Å². The topological polar surface area (TPSA) is 77.2 Å². The maximum atomic E-state index is 15.6. The van der Waals surface area contributed by atoms with E-state index in [0.29, 0.717) is 33.7 Å². The van der Waals surface area contributed by atoms with E-state index < -0.39 is 5.56 Å². The minimum absolute atomic E-state index is 0.0812. The van der Waals surface area contributed by atoms with E-state index in [1.807, 2.05) is 30.3 Å². The summed E-state index contributed by atoms with van der Waals surface area (Å²) in [5.74, 6) is 0.0910. The molecular weight excluding hydrogens is 515 g/mol. The minimum Gasteiger partial charge on any atom is -0.367 e. The molecule has 0 aliphatic carbocycles. The van der Waals surface area contributed by atoms with Crippen LogP contribution in [0.4, 0.5) is 21.6 Å². The van der Waals surface area contributed by atoms with E-state index in [1.165, 1.54) is 10.6 Å². The summed E-state index contributed by atoms with van der Waals surface area (Å²) in [5.41, 5.74) is 1.82. The van der Waals surface area contributed by atoms with Gasteiger partial charge in [-0.3, -0.25) is 14.3 Å². The number of hydrogen-bond donors (Lipinski definition) is 2. The number of aromatic nitrogens is 2. The number of benzene rings is 3. The van der Waals surface area contributed by atoms with Crippen molar-refractivity contribution in [1.29, 1.82) is 5.41 Å². The normalized spacial score (nSPS) is 14.0. The van der Waals surface area contributed by atoms with Crippen molar-refractivity contribution in [3.8, 4) is 17.1 Å². The van der Waals surface area contributed by atoms with E-state index >= 15 is 4.39 Å². The fraction of sp³-hybridized carbons (Fsp3) is 0.233. The van der Waals surface area contributed by atoms with Gasteiger partial charge in [-0.15, -0.1) is 0 Å². The Morgan fingerprint density at radius 3 is 2.31 bits per heavy atom. The molecule has 2 heterocycles. The van der Waals surface area contributed by atoms with E-state index in [0.717, 1.165) is 32.4 Å². The number of piperazine rings is 1. The van der Waals surface area contributed by atoms with Crippen LogP contribution in [0, 0.1) is 11.2 Å². The highest BCUT2D eigenvalue weighted by Gasteiger charge is 2.23. The SMILES string of the molecule is CC(C)N1CCN(c2ccc(-c3nc(Nc4ccccc4)c(C=N)c(=O)n3-c3ccc(Cl)cc3)cc2F)CC1. The van der Waals surface area contributed by atoms with Crippen LogP contribution in [0.15, 0.2) is 77.6 Å². The van der Waals surface area contributed by atoms with Crippen LogP contribution in [0.1, 0.15) is 19.4 Å². The first-order valence-corrected chi connectivity index (χ1v) is 13.3. The van der Waals surface area contributed by atoms with Gasteiger partial charge >= 0.3 is 0 Å². The molecule has 0 bridgehead atoms. The van der Waals surface area contributed by atoms with E-state index in [4.69, 9.17) is 22.0 Å². The first-order chi connectivity index (χ1) is 18.9. The predicted molar refractivity (Wildman–Crippen MR) is 157 cm³/mol. The largest absolute Gasteiger partial charge is 0.367 e. The zero-order chi connectivity index (χ0) is 27.5. The van der Waals surface area contributed by atoms with Crippen LogP contribution in [0.25, 0.3) is 17.1 Å². The Balaban J connectivity index is 1.61. The summed E-state index contributed by atoms with van der Waals surface area (Å²) in [7, 11) is 0. The standard InChI is InChI=1S/C30H30ClFN6O/c1-20(2)36-14-16-37(17-15-36)27-13-8-21(18-26(27)32)29-35-28(34-23-6-4-3-5-7-23)25(19-33)30(39)38(29)24-11-9-22(31)10-12-24/h3-13,18-20,33-34H,14-17H2,1-2H3. The monoisotopic (exact) mass is 544 g/mol. The fourth-order valence-electron chi connectivity index (χ4n) is 4.82. The maximum absolute atomic E-state index is 15.6. The molecule has 1 aliphatic heterocycles. The van der Waals surface area contributed by atoms with Crippen molar-refractivity contribution in [2.75, 3.05) is 36.4 Å². The van der Waals surface area contributed by atoms with Gasteiger partial charge in [0.15, 0.2) is 0 Å². The van der Waals surface area contributed by atoms with Crippen LogP contribution in [-0.4, -0.2) is 52.9 Å². The van der Waals surface area contributed by atoms with Gasteiger partial charge in [-0.1, -0.05) is 29.8 Å². The summed E-state index contributed by atoms with van der Waals surface area (Å²) in [5, 5.41) is 11.6. The molecule has 5 rings (SSSR count). The van der Waals surface area contributed by atoms with Crippen molar-refractivity contribution >= 4 is 35.0 Å². The molecule has 200 valence electrons. The van der Waals surface area contributed by atoms with Gasteiger partial charge in [0.25, 0.3) is 5.56 Å². The molecule has 1 aromatic heterocycles. The first kappa shape index (κ1) is 26.6. The third-order valence-electron chi connectivity index (χ3n) is 6.97. The second-order valence-corrected chi connectivity index (χ2v) is 10.2. The summed E-state index contributed by atoms with van der Waals surface area (Å²) < 4.78 is 17.0. The molecule has 1 aliphatic rings. The molecule has 4 aromatic rings. The molecule has 2 N–H and O–H groups in total. The first-order valence-electron chi connectivity index (χ1n) is 12.9. The number of nitrogens with one attached hydrogen (secondary N) is 2. The molecule has 9 heteroatoms. The molecule has 0 saturated carbocycles. The summed E-state index contributed by atoms with van der Waals surface area (Å²) in [6.45, 7) is 7.56. The average molecular weight is 545 g/mol. The van der Waals surface area contributed by atoms with E-state index in [1.54, 1.807) is 36.4 Å². The Morgan fingerprint density at radius 2 is 1.69 bits per heavy atom. The third kappa shape index (κ3) is 5.57. The zero-order valence-electron chi connectivity index (χ0n) is 21.9. The molecule has 3 aromatic carbocycles. The molecular formula is C30H30ClFN6O. The quantitative estimate of drug-likeness (QED) is 0.281. The Labute approximate surface area is 232 Å². The molecule has 39 heavy (non-hydrogen) atoms. The molecule has 0 unspecified atom stereocenters. The Kier molecular flexibility index (Phi) is 7.77.